The smallest absolute Gasteiger partial charge is 0.205 e. The molecule has 7 heteroatoms. The highest BCUT2D eigenvalue weighted by atomic mass is 35.5. The molecule has 4 heterocycles. The van der Waals surface area contributed by atoms with Crippen LogP contribution in [-0.2, 0) is 9.47 Å². The van der Waals surface area contributed by atoms with Crippen LogP contribution in [-0.4, -0.2) is 27.0 Å². The molecular formula is C14H9Cl2NO4. The van der Waals surface area contributed by atoms with Gasteiger partial charge in [0.2, 0.25) is 11.8 Å². The largest absolute Gasteiger partial charge is 0.494 e. The zero-order valence-corrected chi connectivity index (χ0v) is 12.0. The maximum absolute atomic E-state index is 10.5. The number of nitrogens with zero attached hydrogens (tertiary/aromatic N) is 1. The number of ether oxygens (including phenoxy) is 2. The quantitative estimate of drug-likeness (QED) is 0.791. The Morgan fingerprint density at radius 3 is 2.10 bits per heavy atom. The van der Waals surface area contributed by atoms with E-state index in [0.717, 1.165) is 0 Å². The molecule has 5 rings (SSSR count). The summed E-state index contributed by atoms with van der Waals surface area (Å²) < 4.78 is 12.6. The molecule has 0 aliphatic carbocycles. The molecule has 108 valence electrons. The van der Waals surface area contributed by atoms with E-state index in [1.807, 2.05) is 0 Å². The summed E-state index contributed by atoms with van der Waals surface area (Å²) in [6, 6.07) is 4.90. The van der Waals surface area contributed by atoms with Crippen LogP contribution in [0.1, 0.15) is 23.3 Å². The minimum Gasteiger partial charge on any atom is -0.494 e. The van der Waals surface area contributed by atoms with Crippen molar-refractivity contribution >= 4 is 23.2 Å². The third-order valence-corrected chi connectivity index (χ3v) is 5.12. The van der Waals surface area contributed by atoms with Gasteiger partial charge in [-0.05, 0) is 18.2 Å². The molecule has 0 amide bonds. The van der Waals surface area contributed by atoms with E-state index in [1.54, 1.807) is 18.2 Å². The van der Waals surface area contributed by atoms with Crippen LogP contribution in [0, 0.1) is 0 Å². The molecular weight excluding hydrogens is 317 g/mol. The second-order valence-corrected chi connectivity index (χ2v) is 6.27. The summed E-state index contributed by atoms with van der Waals surface area (Å²) in [6.07, 6.45) is -0.607. The molecule has 2 unspecified atom stereocenters. The standard InChI is InChI=1S/C14H9Cl2NO4/c15-5-2-1-4(3-6(5)16)17-13(18)7-8(14(17)19)10-12-11(21-12)9(7)20-10/h1-3,9-12,18-19H/t9?,10?,11-,12+. The van der Waals surface area contributed by atoms with E-state index in [1.165, 1.54) is 4.57 Å². The molecule has 0 saturated carbocycles. The van der Waals surface area contributed by atoms with Gasteiger partial charge in [0.25, 0.3) is 0 Å². The SMILES string of the molecule is Oc1c2c(c(O)n1-c1ccc(Cl)c(Cl)c1)C1OC2[C@H]2O[C@@H]12. The number of aromatic nitrogens is 1. The van der Waals surface area contributed by atoms with Gasteiger partial charge in [0.05, 0.1) is 26.9 Å². The van der Waals surface area contributed by atoms with Gasteiger partial charge in [0.15, 0.2) is 0 Å². The summed E-state index contributed by atoms with van der Waals surface area (Å²) in [5.74, 6) is -0.0790. The first-order valence-electron chi connectivity index (χ1n) is 6.50. The van der Waals surface area contributed by atoms with E-state index >= 15 is 0 Å². The van der Waals surface area contributed by atoms with Crippen molar-refractivity contribution in [3.63, 3.8) is 0 Å². The molecule has 1 aromatic heterocycles. The number of fused-ring (bicyclic) bond motifs is 8. The van der Waals surface area contributed by atoms with Crippen molar-refractivity contribution in [2.75, 3.05) is 0 Å². The topological polar surface area (TPSA) is 67.2 Å². The van der Waals surface area contributed by atoms with Crippen molar-refractivity contribution < 1.29 is 19.7 Å². The number of epoxide rings is 1. The van der Waals surface area contributed by atoms with Gasteiger partial charge in [0.1, 0.15) is 24.4 Å². The summed E-state index contributed by atoms with van der Waals surface area (Å²) in [5, 5.41) is 21.8. The van der Waals surface area contributed by atoms with E-state index in [-0.39, 0.29) is 36.2 Å². The lowest BCUT2D eigenvalue weighted by Gasteiger charge is -2.12. The lowest BCUT2D eigenvalue weighted by molar-refractivity contribution is -0.0113. The van der Waals surface area contributed by atoms with Crippen molar-refractivity contribution in [2.24, 2.45) is 0 Å². The van der Waals surface area contributed by atoms with Crippen LogP contribution in [0.5, 0.6) is 11.8 Å². The van der Waals surface area contributed by atoms with Gasteiger partial charge in [-0.15, -0.1) is 0 Å². The average molecular weight is 326 g/mol. The fourth-order valence-corrected chi connectivity index (χ4v) is 3.70. The summed E-state index contributed by atoms with van der Waals surface area (Å²) in [6.45, 7) is 0. The molecule has 2 fully saturated rings. The zero-order chi connectivity index (χ0) is 14.5. The maximum Gasteiger partial charge on any atom is 0.205 e. The third-order valence-electron chi connectivity index (χ3n) is 4.38. The van der Waals surface area contributed by atoms with Crippen molar-refractivity contribution in [1.29, 1.82) is 0 Å². The molecule has 0 radical (unpaired) electrons. The number of halogens is 2. The monoisotopic (exact) mass is 325 g/mol. The molecule has 21 heavy (non-hydrogen) atoms. The number of rotatable bonds is 1. The van der Waals surface area contributed by atoms with Gasteiger partial charge >= 0.3 is 0 Å². The Bertz CT molecular complexity index is 765. The zero-order valence-electron chi connectivity index (χ0n) is 10.5. The Morgan fingerprint density at radius 1 is 0.905 bits per heavy atom. The van der Waals surface area contributed by atoms with Gasteiger partial charge in [-0.1, -0.05) is 23.2 Å². The van der Waals surface area contributed by atoms with E-state index < -0.39 is 0 Å². The first-order chi connectivity index (χ1) is 10.1. The molecule has 3 aliphatic heterocycles. The van der Waals surface area contributed by atoms with E-state index in [2.05, 4.69) is 0 Å². The Labute approximate surface area is 129 Å². The molecule has 2 aromatic rings. The first kappa shape index (κ1) is 12.2. The summed E-state index contributed by atoms with van der Waals surface area (Å²) >= 11 is 11.9. The fraction of sp³-hybridized carbons (Fsp3) is 0.286. The molecule has 0 spiro atoms. The molecule has 1 aromatic carbocycles. The van der Waals surface area contributed by atoms with E-state index in [0.29, 0.717) is 26.9 Å². The average Bonchev–Trinajstić information content (AvgIpc) is 2.97. The van der Waals surface area contributed by atoms with Crippen molar-refractivity contribution in [3.05, 3.63) is 39.4 Å². The third kappa shape index (κ3) is 1.35. The minimum absolute atomic E-state index is 0.00236. The molecule has 3 aliphatic rings. The fourth-order valence-electron chi connectivity index (χ4n) is 3.41. The van der Waals surface area contributed by atoms with Crippen LogP contribution in [0.4, 0.5) is 0 Å². The van der Waals surface area contributed by atoms with Gasteiger partial charge < -0.3 is 19.7 Å². The van der Waals surface area contributed by atoms with Crippen molar-refractivity contribution in [1.82, 2.24) is 4.57 Å². The van der Waals surface area contributed by atoms with E-state index in [9.17, 15) is 10.2 Å². The Balaban J connectivity index is 1.73. The minimum atomic E-state index is -0.301. The molecule has 2 bridgehead atoms. The van der Waals surface area contributed by atoms with Crippen LogP contribution in [0.3, 0.4) is 0 Å². The lowest BCUT2D eigenvalue weighted by atomic mass is 9.95. The number of hydrogen-bond acceptors (Lipinski definition) is 4. The lowest BCUT2D eigenvalue weighted by Crippen LogP contribution is -2.04. The van der Waals surface area contributed by atoms with E-state index in [4.69, 9.17) is 32.7 Å². The molecule has 2 saturated heterocycles. The van der Waals surface area contributed by atoms with Crippen molar-refractivity contribution in [2.45, 2.75) is 24.4 Å². The highest BCUT2D eigenvalue weighted by molar-refractivity contribution is 6.42. The summed E-state index contributed by atoms with van der Waals surface area (Å²) in [5.41, 5.74) is 1.77. The van der Waals surface area contributed by atoms with Gasteiger partial charge in [-0.2, -0.15) is 0 Å². The molecule has 2 N–H and O–H groups in total. The number of benzene rings is 1. The van der Waals surface area contributed by atoms with Crippen LogP contribution < -0.4 is 0 Å². The first-order valence-corrected chi connectivity index (χ1v) is 7.26. The Hall–Kier alpha value is -1.40. The second kappa shape index (κ2) is 3.67. The highest BCUT2D eigenvalue weighted by Gasteiger charge is 2.66. The highest BCUT2D eigenvalue weighted by Crippen LogP contribution is 2.65. The maximum atomic E-state index is 10.5. The van der Waals surface area contributed by atoms with Gasteiger partial charge in [0, 0.05) is 0 Å². The number of aromatic hydroxyl groups is 2. The predicted octanol–water partition coefficient (Wildman–Crippen LogP) is 3.09. The predicted molar refractivity (Wildman–Crippen MR) is 74.3 cm³/mol. The Kier molecular flexibility index (Phi) is 2.13. The Morgan fingerprint density at radius 2 is 1.52 bits per heavy atom. The van der Waals surface area contributed by atoms with Crippen LogP contribution in [0.25, 0.3) is 5.69 Å². The van der Waals surface area contributed by atoms with Crippen LogP contribution in [0.15, 0.2) is 18.2 Å². The summed E-state index contributed by atoms with van der Waals surface area (Å²) in [7, 11) is 0. The van der Waals surface area contributed by atoms with Crippen LogP contribution in [0.2, 0.25) is 10.0 Å². The van der Waals surface area contributed by atoms with Crippen molar-refractivity contribution in [3.8, 4) is 17.4 Å². The van der Waals surface area contributed by atoms with Crippen LogP contribution >= 0.6 is 23.2 Å². The van der Waals surface area contributed by atoms with Gasteiger partial charge in [-0.3, -0.25) is 4.57 Å². The number of hydrogen-bond donors (Lipinski definition) is 2. The normalized spacial score (nSPS) is 31.3. The molecule has 4 atom stereocenters. The second-order valence-electron chi connectivity index (χ2n) is 5.45. The molecule has 5 nitrogen and oxygen atoms in total. The summed E-state index contributed by atoms with van der Waals surface area (Å²) in [4.78, 5) is 0. The van der Waals surface area contributed by atoms with Gasteiger partial charge in [-0.25, -0.2) is 0 Å².